The number of benzene rings is 2. The van der Waals surface area contributed by atoms with Gasteiger partial charge in [0.25, 0.3) is 5.91 Å². The van der Waals surface area contributed by atoms with Crippen molar-refractivity contribution in [1.29, 1.82) is 0 Å². The first kappa shape index (κ1) is 15.1. The molecule has 0 aliphatic carbocycles. The largest absolute Gasteiger partial charge is 0.497 e. The lowest BCUT2D eigenvalue weighted by atomic mass is 10.1. The molecule has 0 saturated heterocycles. The fraction of sp³-hybridized carbons (Fsp3) is 0.105. The molecule has 124 valence electrons. The summed E-state index contributed by atoms with van der Waals surface area (Å²) in [5.74, 6) is -0.0105. The minimum atomic E-state index is -0.435. The van der Waals surface area contributed by atoms with E-state index in [1.807, 2.05) is 30.3 Å². The minimum absolute atomic E-state index is 0.197. The van der Waals surface area contributed by atoms with Gasteiger partial charge in [-0.3, -0.25) is 20.0 Å². The predicted molar refractivity (Wildman–Crippen MR) is 93.4 cm³/mol. The summed E-state index contributed by atoms with van der Waals surface area (Å²) in [6, 6.07) is 14.7. The smallest absolute Gasteiger partial charge is 0.288 e. The van der Waals surface area contributed by atoms with Gasteiger partial charge < -0.3 is 4.74 Å². The van der Waals surface area contributed by atoms with Gasteiger partial charge in [-0.2, -0.15) is 0 Å². The number of pyridine rings is 1. The Morgan fingerprint density at radius 3 is 2.76 bits per heavy atom. The topological polar surface area (TPSA) is 71.5 Å². The van der Waals surface area contributed by atoms with Crippen molar-refractivity contribution in [2.75, 3.05) is 12.1 Å². The van der Waals surface area contributed by atoms with E-state index in [9.17, 15) is 9.59 Å². The van der Waals surface area contributed by atoms with Gasteiger partial charge in [0.15, 0.2) is 0 Å². The summed E-state index contributed by atoms with van der Waals surface area (Å²) in [5, 5.41) is 3.13. The summed E-state index contributed by atoms with van der Waals surface area (Å²) in [5.41, 5.74) is 4.37. The minimum Gasteiger partial charge on any atom is -0.497 e. The monoisotopic (exact) mass is 333 g/mol. The van der Waals surface area contributed by atoms with Crippen molar-refractivity contribution >= 4 is 28.3 Å². The normalized spacial score (nSPS) is 13.0. The van der Waals surface area contributed by atoms with Crippen LogP contribution in [0, 0.1) is 0 Å². The van der Waals surface area contributed by atoms with E-state index in [-0.39, 0.29) is 18.0 Å². The summed E-state index contributed by atoms with van der Waals surface area (Å²) in [6.07, 6.45) is 1.89. The summed E-state index contributed by atoms with van der Waals surface area (Å²) in [6.45, 7) is 0. The Kier molecular flexibility index (Phi) is 3.57. The molecule has 0 unspecified atom stereocenters. The molecular formula is C19H15N3O3. The number of hydrogen-bond donors (Lipinski definition) is 1. The summed E-state index contributed by atoms with van der Waals surface area (Å²) < 4.78 is 5.20. The fourth-order valence-electron chi connectivity index (χ4n) is 2.89. The maximum atomic E-state index is 12.6. The van der Waals surface area contributed by atoms with Gasteiger partial charge in [-0.05, 0) is 23.1 Å². The zero-order chi connectivity index (χ0) is 17.4. The van der Waals surface area contributed by atoms with Crippen molar-refractivity contribution in [2.24, 2.45) is 0 Å². The Balaban J connectivity index is 1.63. The van der Waals surface area contributed by atoms with Gasteiger partial charge in [0.1, 0.15) is 11.4 Å². The first-order valence-electron chi connectivity index (χ1n) is 7.81. The number of nitrogens with zero attached hydrogens (tertiary/aromatic N) is 2. The van der Waals surface area contributed by atoms with Crippen molar-refractivity contribution in [1.82, 2.24) is 10.4 Å². The van der Waals surface area contributed by atoms with E-state index in [1.54, 1.807) is 31.5 Å². The molecule has 2 amide bonds. The van der Waals surface area contributed by atoms with Crippen LogP contribution in [0.2, 0.25) is 0 Å². The number of ether oxygens (including phenoxy) is 1. The number of aromatic nitrogens is 1. The zero-order valence-corrected chi connectivity index (χ0v) is 13.5. The van der Waals surface area contributed by atoms with Gasteiger partial charge in [-0.25, -0.2) is 5.01 Å². The van der Waals surface area contributed by atoms with Crippen LogP contribution in [0.4, 0.5) is 5.69 Å². The lowest BCUT2D eigenvalue weighted by Gasteiger charge is -2.18. The van der Waals surface area contributed by atoms with Crippen molar-refractivity contribution in [3.05, 3.63) is 66.0 Å². The molecular weight excluding hydrogens is 318 g/mol. The quantitative estimate of drug-likeness (QED) is 0.799. The van der Waals surface area contributed by atoms with Gasteiger partial charge in [-0.1, -0.05) is 30.3 Å². The van der Waals surface area contributed by atoms with Crippen molar-refractivity contribution in [2.45, 2.75) is 6.42 Å². The van der Waals surface area contributed by atoms with Gasteiger partial charge >= 0.3 is 0 Å². The molecule has 0 spiro atoms. The van der Waals surface area contributed by atoms with Gasteiger partial charge in [0.2, 0.25) is 5.91 Å². The van der Waals surface area contributed by atoms with E-state index in [1.165, 1.54) is 5.01 Å². The van der Waals surface area contributed by atoms with Gasteiger partial charge in [0, 0.05) is 17.6 Å². The highest BCUT2D eigenvalue weighted by Crippen LogP contribution is 2.31. The van der Waals surface area contributed by atoms with Gasteiger partial charge in [-0.15, -0.1) is 0 Å². The highest BCUT2D eigenvalue weighted by molar-refractivity contribution is 6.06. The third kappa shape index (κ3) is 2.67. The van der Waals surface area contributed by atoms with Crippen LogP contribution in [0.3, 0.4) is 0 Å². The number of carbonyl (C=O) groups excluding carboxylic acids is 2. The predicted octanol–water partition coefficient (Wildman–Crippen LogP) is 2.48. The highest BCUT2D eigenvalue weighted by atomic mass is 16.5. The van der Waals surface area contributed by atoms with Crippen LogP contribution in [0.25, 0.3) is 10.8 Å². The molecule has 0 fully saturated rings. The highest BCUT2D eigenvalue weighted by Gasteiger charge is 2.29. The molecule has 6 heteroatoms. The number of nitrogens with one attached hydrogen (secondary N) is 1. The van der Waals surface area contributed by atoms with E-state index in [0.29, 0.717) is 11.4 Å². The van der Waals surface area contributed by atoms with Crippen molar-refractivity contribution < 1.29 is 14.3 Å². The third-order valence-electron chi connectivity index (χ3n) is 4.20. The SMILES string of the molecule is COc1ccc2c(c1)N(NC(=O)c1cc3ccccc3cn1)C(=O)C2. The Morgan fingerprint density at radius 1 is 1.16 bits per heavy atom. The second-order valence-corrected chi connectivity index (χ2v) is 5.76. The van der Waals surface area contributed by atoms with E-state index < -0.39 is 5.91 Å². The molecule has 6 nitrogen and oxygen atoms in total. The number of hydrazine groups is 1. The number of anilines is 1. The number of amides is 2. The summed E-state index contributed by atoms with van der Waals surface area (Å²) in [7, 11) is 1.56. The molecule has 1 aliphatic heterocycles. The van der Waals surface area contributed by atoms with Crippen LogP contribution < -0.4 is 15.2 Å². The van der Waals surface area contributed by atoms with Gasteiger partial charge in [0.05, 0.1) is 19.2 Å². The first-order valence-corrected chi connectivity index (χ1v) is 7.81. The lowest BCUT2D eigenvalue weighted by molar-refractivity contribution is -0.117. The molecule has 25 heavy (non-hydrogen) atoms. The van der Waals surface area contributed by atoms with Crippen LogP contribution >= 0.6 is 0 Å². The number of rotatable bonds is 3. The maximum absolute atomic E-state index is 12.6. The molecule has 0 radical (unpaired) electrons. The van der Waals surface area contributed by atoms with Crippen LogP contribution in [0.1, 0.15) is 16.1 Å². The Hall–Kier alpha value is -3.41. The summed E-state index contributed by atoms with van der Waals surface area (Å²) >= 11 is 0. The molecule has 2 heterocycles. The molecule has 0 atom stereocenters. The van der Waals surface area contributed by atoms with Crippen LogP contribution in [-0.2, 0) is 11.2 Å². The van der Waals surface area contributed by atoms with Crippen LogP contribution in [-0.4, -0.2) is 23.9 Å². The van der Waals surface area contributed by atoms with Crippen molar-refractivity contribution in [3.63, 3.8) is 0 Å². The number of hydrogen-bond acceptors (Lipinski definition) is 4. The van der Waals surface area contributed by atoms with E-state index in [4.69, 9.17) is 4.74 Å². The molecule has 1 aromatic heterocycles. The molecule has 1 aliphatic rings. The van der Waals surface area contributed by atoms with Crippen LogP contribution in [0.15, 0.2) is 54.7 Å². The Morgan fingerprint density at radius 2 is 1.96 bits per heavy atom. The molecule has 3 aromatic rings. The second kappa shape index (κ2) is 5.90. The maximum Gasteiger partial charge on any atom is 0.288 e. The average molecular weight is 333 g/mol. The van der Waals surface area contributed by atoms with Crippen molar-refractivity contribution in [3.8, 4) is 5.75 Å². The molecule has 2 aromatic carbocycles. The molecule has 1 N–H and O–H groups in total. The molecule has 0 saturated carbocycles. The Labute approximate surface area is 144 Å². The summed E-state index contributed by atoms with van der Waals surface area (Å²) in [4.78, 5) is 29.0. The second-order valence-electron chi connectivity index (χ2n) is 5.76. The number of fused-ring (bicyclic) bond motifs is 2. The molecule has 4 rings (SSSR count). The van der Waals surface area contributed by atoms with E-state index in [2.05, 4.69) is 10.4 Å². The average Bonchev–Trinajstić information content (AvgIpc) is 2.95. The lowest BCUT2D eigenvalue weighted by Crippen LogP contribution is -2.44. The Bertz CT molecular complexity index is 1000. The third-order valence-corrected chi connectivity index (χ3v) is 4.20. The number of carbonyl (C=O) groups is 2. The van der Waals surface area contributed by atoms with Crippen LogP contribution in [0.5, 0.6) is 5.75 Å². The first-order chi connectivity index (χ1) is 12.2. The zero-order valence-electron chi connectivity index (χ0n) is 13.5. The molecule has 0 bridgehead atoms. The van der Waals surface area contributed by atoms with E-state index >= 15 is 0 Å². The standard InChI is InChI=1S/C19H15N3O3/c1-25-15-7-6-13-9-18(23)22(17(13)10-15)21-19(24)16-8-12-4-2-3-5-14(12)11-20-16/h2-8,10-11H,9H2,1H3,(H,21,24). The van der Waals surface area contributed by atoms with E-state index in [0.717, 1.165) is 16.3 Å². The fourth-order valence-corrected chi connectivity index (χ4v) is 2.89. The number of methoxy groups -OCH3 is 1.